The Kier molecular flexibility index (Phi) is 7.17. The van der Waals surface area contributed by atoms with Crippen molar-refractivity contribution in [3.05, 3.63) is 6.33 Å². The molecule has 0 aliphatic rings. The van der Waals surface area contributed by atoms with Crippen LogP contribution in [0.25, 0.3) is 0 Å². The number of hydrogen-bond acceptors (Lipinski definition) is 6. The molecular formula is C14H26N4O2S. The van der Waals surface area contributed by atoms with Gasteiger partial charge in [-0.05, 0) is 33.2 Å². The zero-order valence-corrected chi connectivity index (χ0v) is 14.4. The fourth-order valence-corrected chi connectivity index (χ4v) is 3.19. The molecule has 0 saturated heterocycles. The summed E-state index contributed by atoms with van der Waals surface area (Å²) in [5, 5.41) is 8.45. The van der Waals surface area contributed by atoms with Gasteiger partial charge in [0, 0.05) is 12.3 Å². The summed E-state index contributed by atoms with van der Waals surface area (Å²) in [7, 11) is 1.86. The summed E-state index contributed by atoms with van der Waals surface area (Å²) in [6.07, 6.45) is 3.18. The van der Waals surface area contributed by atoms with Gasteiger partial charge in [0.05, 0.1) is 6.61 Å². The van der Waals surface area contributed by atoms with E-state index < -0.39 is 5.54 Å². The van der Waals surface area contributed by atoms with E-state index in [1.807, 2.05) is 20.9 Å². The predicted molar refractivity (Wildman–Crippen MR) is 84.3 cm³/mol. The van der Waals surface area contributed by atoms with Crippen LogP contribution in [0.2, 0.25) is 0 Å². The van der Waals surface area contributed by atoms with Gasteiger partial charge in [-0.15, -0.1) is 0 Å². The van der Waals surface area contributed by atoms with Gasteiger partial charge in [-0.3, -0.25) is 4.79 Å². The van der Waals surface area contributed by atoms with Gasteiger partial charge in [0.2, 0.25) is 0 Å². The molecule has 1 N–H and O–H groups in total. The summed E-state index contributed by atoms with van der Waals surface area (Å²) in [4.78, 5) is 16.5. The maximum absolute atomic E-state index is 12.2. The monoisotopic (exact) mass is 314 g/mol. The van der Waals surface area contributed by atoms with E-state index in [1.54, 1.807) is 16.4 Å². The van der Waals surface area contributed by atoms with Crippen molar-refractivity contribution in [1.82, 2.24) is 20.1 Å². The molecule has 120 valence electrons. The lowest BCUT2D eigenvalue weighted by Gasteiger charge is -2.30. The molecule has 7 heteroatoms. The number of ether oxygens (including phenoxy) is 1. The summed E-state index contributed by atoms with van der Waals surface area (Å²) in [5.74, 6) is -0.191. The zero-order valence-electron chi connectivity index (χ0n) is 13.5. The summed E-state index contributed by atoms with van der Waals surface area (Å²) < 4.78 is 6.96. The van der Waals surface area contributed by atoms with Crippen molar-refractivity contribution in [2.75, 3.05) is 13.2 Å². The SMILES string of the molecule is CCCNC(C)(CC(C)Sc1ncnn1C)C(=O)OCC. The van der Waals surface area contributed by atoms with E-state index in [1.165, 1.54) is 6.33 Å². The topological polar surface area (TPSA) is 69.0 Å². The van der Waals surface area contributed by atoms with Gasteiger partial charge in [-0.25, -0.2) is 9.67 Å². The number of carbonyl (C=O) groups excluding carboxylic acids is 1. The number of aromatic nitrogens is 3. The molecule has 0 fully saturated rings. The van der Waals surface area contributed by atoms with Crippen molar-refractivity contribution in [1.29, 1.82) is 0 Å². The van der Waals surface area contributed by atoms with Crippen molar-refractivity contribution in [3.8, 4) is 0 Å². The Morgan fingerprint density at radius 2 is 2.29 bits per heavy atom. The van der Waals surface area contributed by atoms with Crippen LogP contribution in [0.3, 0.4) is 0 Å². The van der Waals surface area contributed by atoms with E-state index in [4.69, 9.17) is 4.74 Å². The summed E-state index contributed by atoms with van der Waals surface area (Å²) in [6, 6.07) is 0. The van der Waals surface area contributed by atoms with Crippen LogP contribution >= 0.6 is 11.8 Å². The second-order valence-electron chi connectivity index (χ2n) is 5.28. The van der Waals surface area contributed by atoms with E-state index in [0.29, 0.717) is 13.0 Å². The first-order chi connectivity index (χ1) is 9.92. The van der Waals surface area contributed by atoms with Gasteiger partial charge in [0.1, 0.15) is 11.9 Å². The number of hydrogen-bond donors (Lipinski definition) is 1. The second-order valence-corrected chi connectivity index (χ2v) is 6.68. The van der Waals surface area contributed by atoms with Crippen LogP contribution in [0, 0.1) is 0 Å². The van der Waals surface area contributed by atoms with Crippen LogP contribution in [0.15, 0.2) is 11.5 Å². The standard InChI is InChI=1S/C14H26N4O2S/c1-6-8-16-14(4,12(19)20-7-2)9-11(3)21-13-15-10-17-18(13)5/h10-11,16H,6-9H2,1-5H3. The van der Waals surface area contributed by atoms with Crippen molar-refractivity contribution in [2.45, 2.75) is 56.5 Å². The maximum atomic E-state index is 12.2. The third kappa shape index (κ3) is 5.32. The number of nitrogens with one attached hydrogen (secondary N) is 1. The molecule has 0 spiro atoms. The van der Waals surface area contributed by atoms with Crippen LogP contribution in [0.5, 0.6) is 0 Å². The molecule has 0 aromatic carbocycles. The summed E-state index contributed by atoms with van der Waals surface area (Å²) in [5.41, 5.74) is -0.670. The fraction of sp³-hybridized carbons (Fsp3) is 0.786. The highest BCUT2D eigenvalue weighted by Gasteiger charge is 2.36. The molecule has 0 aliphatic heterocycles. The molecule has 1 aromatic heterocycles. The number of esters is 1. The highest BCUT2D eigenvalue weighted by molar-refractivity contribution is 7.99. The normalized spacial score (nSPS) is 15.5. The zero-order chi connectivity index (χ0) is 15.9. The fourth-order valence-electron chi connectivity index (χ4n) is 2.11. The molecule has 0 aliphatic carbocycles. The number of nitrogens with zero attached hydrogens (tertiary/aromatic N) is 3. The molecule has 1 rings (SSSR count). The molecule has 0 bridgehead atoms. The van der Waals surface area contributed by atoms with Crippen LogP contribution in [0.4, 0.5) is 0 Å². The van der Waals surface area contributed by atoms with Crippen molar-refractivity contribution in [2.24, 2.45) is 7.05 Å². The van der Waals surface area contributed by atoms with Gasteiger partial charge >= 0.3 is 5.97 Å². The molecular weight excluding hydrogens is 288 g/mol. The predicted octanol–water partition coefficient (Wildman–Crippen LogP) is 2.01. The van der Waals surface area contributed by atoms with Crippen LogP contribution in [-0.4, -0.2) is 44.7 Å². The lowest BCUT2D eigenvalue weighted by Crippen LogP contribution is -2.52. The largest absolute Gasteiger partial charge is 0.465 e. The second kappa shape index (κ2) is 8.38. The summed E-state index contributed by atoms with van der Waals surface area (Å²) >= 11 is 1.61. The third-order valence-electron chi connectivity index (χ3n) is 3.16. The lowest BCUT2D eigenvalue weighted by molar-refractivity contribution is -0.150. The van der Waals surface area contributed by atoms with Crippen molar-refractivity contribution in [3.63, 3.8) is 0 Å². The lowest BCUT2D eigenvalue weighted by atomic mass is 9.96. The number of rotatable bonds is 9. The van der Waals surface area contributed by atoms with Crippen molar-refractivity contribution >= 4 is 17.7 Å². The average Bonchev–Trinajstić information content (AvgIpc) is 2.82. The Bertz CT molecular complexity index is 452. The van der Waals surface area contributed by atoms with Crippen LogP contribution < -0.4 is 5.32 Å². The minimum Gasteiger partial charge on any atom is -0.465 e. The smallest absolute Gasteiger partial charge is 0.326 e. The molecule has 1 aromatic rings. The Balaban J connectivity index is 2.70. The molecule has 0 saturated carbocycles. The number of carbonyl (C=O) groups is 1. The first-order valence-electron chi connectivity index (χ1n) is 7.35. The quantitative estimate of drug-likeness (QED) is 0.555. The Hall–Kier alpha value is -1.08. The van der Waals surface area contributed by atoms with Crippen molar-refractivity contribution < 1.29 is 9.53 Å². The first kappa shape index (κ1) is 18.0. The Labute approximate surface area is 131 Å². The van der Waals surface area contributed by atoms with E-state index in [9.17, 15) is 4.79 Å². The van der Waals surface area contributed by atoms with Gasteiger partial charge in [-0.2, -0.15) is 5.10 Å². The number of thioether (sulfide) groups is 1. The van der Waals surface area contributed by atoms with Crippen LogP contribution in [-0.2, 0) is 16.6 Å². The van der Waals surface area contributed by atoms with Gasteiger partial charge in [0.25, 0.3) is 0 Å². The van der Waals surface area contributed by atoms with Crippen LogP contribution in [0.1, 0.15) is 40.5 Å². The molecule has 2 unspecified atom stereocenters. The molecule has 6 nitrogen and oxygen atoms in total. The van der Waals surface area contributed by atoms with E-state index >= 15 is 0 Å². The number of aryl methyl sites for hydroxylation is 1. The molecule has 0 amide bonds. The van der Waals surface area contributed by atoms with Gasteiger partial charge < -0.3 is 10.1 Å². The minimum atomic E-state index is -0.670. The third-order valence-corrected chi connectivity index (χ3v) is 4.31. The highest BCUT2D eigenvalue weighted by atomic mass is 32.2. The highest BCUT2D eigenvalue weighted by Crippen LogP contribution is 2.27. The molecule has 2 atom stereocenters. The minimum absolute atomic E-state index is 0.191. The first-order valence-corrected chi connectivity index (χ1v) is 8.23. The van der Waals surface area contributed by atoms with Gasteiger partial charge in [-0.1, -0.05) is 25.6 Å². The molecule has 21 heavy (non-hydrogen) atoms. The van der Waals surface area contributed by atoms with E-state index in [-0.39, 0.29) is 11.2 Å². The Morgan fingerprint density at radius 3 is 2.81 bits per heavy atom. The van der Waals surface area contributed by atoms with E-state index in [2.05, 4.69) is 29.2 Å². The molecule has 0 radical (unpaired) electrons. The van der Waals surface area contributed by atoms with E-state index in [0.717, 1.165) is 18.1 Å². The molecule has 1 heterocycles. The maximum Gasteiger partial charge on any atom is 0.326 e. The average molecular weight is 314 g/mol. The Morgan fingerprint density at radius 1 is 1.57 bits per heavy atom. The van der Waals surface area contributed by atoms with Gasteiger partial charge in [0.15, 0.2) is 5.16 Å². The summed E-state index contributed by atoms with van der Waals surface area (Å²) in [6.45, 7) is 9.09.